The van der Waals surface area contributed by atoms with E-state index in [9.17, 15) is 13.2 Å². The van der Waals surface area contributed by atoms with E-state index >= 15 is 0 Å². The van der Waals surface area contributed by atoms with Gasteiger partial charge in [-0.2, -0.15) is 0 Å². The fraction of sp³-hybridized carbons (Fsp3) is 0.308. The largest absolute Gasteiger partial charge is 0.296 e. The van der Waals surface area contributed by atoms with Gasteiger partial charge < -0.3 is 0 Å². The lowest BCUT2D eigenvalue weighted by atomic mass is 10.2. The molecule has 0 aliphatic rings. The van der Waals surface area contributed by atoms with Crippen LogP contribution in [0.3, 0.4) is 0 Å². The highest BCUT2D eigenvalue weighted by Gasteiger charge is 2.19. The Morgan fingerprint density at radius 1 is 1.24 bits per heavy atom. The van der Waals surface area contributed by atoms with E-state index in [1.165, 1.54) is 23.5 Å². The molecule has 0 spiro atoms. The molecule has 0 fully saturated rings. The zero-order valence-electron chi connectivity index (χ0n) is 11.8. The van der Waals surface area contributed by atoms with E-state index in [1.54, 1.807) is 12.1 Å². The first kappa shape index (κ1) is 15.6. The fourth-order valence-corrected chi connectivity index (χ4v) is 3.29. The van der Waals surface area contributed by atoms with Gasteiger partial charge in [0, 0.05) is 12.2 Å². The lowest BCUT2D eigenvalue weighted by Crippen LogP contribution is -2.15. The quantitative estimate of drug-likeness (QED) is 0.932. The molecule has 0 unspecified atom stereocenters. The SMILES string of the molecule is CC(C)c1nnc(NC(=O)c2ccccc2S(C)(=O)=O)s1. The highest BCUT2D eigenvalue weighted by Crippen LogP contribution is 2.23. The molecule has 0 aliphatic heterocycles. The van der Waals surface area contributed by atoms with Crippen LogP contribution in [-0.2, 0) is 9.84 Å². The normalized spacial score (nSPS) is 11.6. The van der Waals surface area contributed by atoms with Crippen LogP contribution in [0.4, 0.5) is 5.13 Å². The molecule has 8 heteroatoms. The smallest absolute Gasteiger partial charge is 0.258 e. The Bertz CT molecular complexity index is 766. The summed E-state index contributed by atoms with van der Waals surface area (Å²) in [5, 5.41) is 11.6. The molecule has 2 aromatic rings. The molecule has 112 valence electrons. The minimum atomic E-state index is -3.47. The van der Waals surface area contributed by atoms with Crippen LogP contribution in [0.25, 0.3) is 0 Å². The molecule has 1 aromatic carbocycles. The number of hydrogen-bond acceptors (Lipinski definition) is 6. The van der Waals surface area contributed by atoms with Gasteiger partial charge in [-0.15, -0.1) is 10.2 Å². The first-order valence-corrected chi connectivity index (χ1v) is 8.93. The summed E-state index contributed by atoms with van der Waals surface area (Å²) in [5.41, 5.74) is 0.0984. The second kappa shape index (κ2) is 5.90. The molecule has 1 heterocycles. The van der Waals surface area contributed by atoms with Crippen molar-refractivity contribution in [2.24, 2.45) is 0 Å². The lowest BCUT2D eigenvalue weighted by molar-refractivity contribution is 0.102. The average Bonchev–Trinajstić information content (AvgIpc) is 2.86. The maximum atomic E-state index is 12.2. The number of rotatable bonds is 4. The van der Waals surface area contributed by atoms with Crippen LogP contribution in [0.1, 0.15) is 35.1 Å². The lowest BCUT2D eigenvalue weighted by Gasteiger charge is -2.06. The Hall–Kier alpha value is -1.80. The van der Waals surface area contributed by atoms with E-state index < -0.39 is 15.7 Å². The van der Waals surface area contributed by atoms with Gasteiger partial charge in [0.05, 0.1) is 10.5 Å². The van der Waals surface area contributed by atoms with Crippen molar-refractivity contribution in [3.05, 3.63) is 34.8 Å². The predicted octanol–water partition coefficient (Wildman–Crippen LogP) is 2.32. The Balaban J connectivity index is 2.29. The Morgan fingerprint density at radius 3 is 2.48 bits per heavy atom. The Labute approximate surface area is 127 Å². The van der Waals surface area contributed by atoms with Crippen LogP contribution in [0.5, 0.6) is 0 Å². The van der Waals surface area contributed by atoms with Crippen molar-refractivity contribution in [1.82, 2.24) is 10.2 Å². The van der Waals surface area contributed by atoms with Gasteiger partial charge in [0.1, 0.15) is 5.01 Å². The van der Waals surface area contributed by atoms with Crippen LogP contribution in [0.15, 0.2) is 29.2 Å². The van der Waals surface area contributed by atoms with Crippen molar-refractivity contribution in [3.63, 3.8) is 0 Å². The standard InChI is InChI=1S/C13H15N3O3S2/c1-8(2)12-15-16-13(20-12)14-11(17)9-6-4-5-7-10(9)21(3,18)19/h4-8H,1-3H3,(H,14,16,17). The topological polar surface area (TPSA) is 89.0 Å². The molecule has 2 rings (SSSR count). The van der Waals surface area contributed by atoms with E-state index in [2.05, 4.69) is 15.5 Å². The molecule has 21 heavy (non-hydrogen) atoms. The van der Waals surface area contributed by atoms with Crippen molar-refractivity contribution in [2.75, 3.05) is 11.6 Å². The highest BCUT2D eigenvalue weighted by molar-refractivity contribution is 7.90. The number of anilines is 1. The van der Waals surface area contributed by atoms with Crippen molar-refractivity contribution < 1.29 is 13.2 Å². The number of aromatic nitrogens is 2. The van der Waals surface area contributed by atoms with E-state index in [0.29, 0.717) is 5.13 Å². The zero-order valence-corrected chi connectivity index (χ0v) is 13.5. The van der Waals surface area contributed by atoms with Crippen molar-refractivity contribution in [2.45, 2.75) is 24.7 Å². The summed E-state index contributed by atoms with van der Waals surface area (Å²) >= 11 is 1.27. The molecule has 0 saturated carbocycles. The first-order chi connectivity index (χ1) is 9.79. The van der Waals surface area contributed by atoms with Crippen molar-refractivity contribution in [1.29, 1.82) is 0 Å². The molecule has 1 amide bonds. The third-order valence-corrected chi connectivity index (χ3v) is 4.98. The van der Waals surface area contributed by atoms with Crippen molar-refractivity contribution in [3.8, 4) is 0 Å². The van der Waals surface area contributed by atoms with Crippen LogP contribution < -0.4 is 5.32 Å². The van der Waals surface area contributed by atoms with Crippen LogP contribution in [0, 0.1) is 0 Å². The Morgan fingerprint density at radius 2 is 1.90 bits per heavy atom. The molecule has 0 aliphatic carbocycles. The molecular formula is C13H15N3O3S2. The van der Waals surface area contributed by atoms with Gasteiger partial charge in [0.15, 0.2) is 9.84 Å². The number of amides is 1. The summed E-state index contributed by atoms with van der Waals surface area (Å²) in [5.74, 6) is -0.293. The van der Waals surface area contributed by atoms with Gasteiger partial charge in [-0.25, -0.2) is 8.42 Å². The monoisotopic (exact) mass is 325 g/mol. The van der Waals surface area contributed by atoms with Crippen LogP contribution >= 0.6 is 11.3 Å². The molecule has 1 aromatic heterocycles. The summed E-state index contributed by atoms with van der Waals surface area (Å²) in [7, 11) is -3.47. The zero-order chi connectivity index (χ0) is 15.6. The minimum Gasteiger partial charge on any atom is -0.296 e. The van der Waals surface area contributed by atoms with Gasteiger partial charge in [-0.1, -0.05) is 37.3 Å². The molecule has 0 atom stereocenters. The van der Waals surface area contributed by atoms with Crippen LogP contribution in [0.2, 0.25) is 0 Å². The number of benzene rings is 1. The molecule has 0 radical (unpaired) electrons. The molecule has 6 nitrogen and oxygen atoms in total. The van der Waals surface area contributed by atoms with E-state index in [-0.39, 0.29) is 16.4 Å². The molecule has 0 bridgehead atoms. The van der Waals surface area contributed by atoms with Gasteiger partial charge in [-0.05, 0) is 12.1 Å². The third kappa shape index (κ3) is 3.64. The molecule has 0 saturated heterocycles. The maximum Gasteiger partial charge on any atom is 0.258 e. The third-order valence-electron chi connectivity index (χ3n) is 2.69. The molecule has 1 N–H and O–H groups in total. The predicted molar refractivity (Wildman–Crippen MR) is 81.5 cm³/mol. The van der Waals surface area contributed by atoms with Gasteiger partial charge >= 0.3 is 0 Å². The second-order valence-electron chi connectivity index (χ2n) is 4.82. The summed E-state index contributed by atoms with van der Waals surface area (Å²) in [6.07, 6.45) is 1.07. The van der Waals surface area contributed by atoms with E-state index in [4.69, 9.17) is 0 Å². The summed E-state index contributed by atoms with van der Waals surface area (Å²) in [6, 6.07) is 6.07. The number of hydrogen-bond donors (Lipinski definition) is 1. The van der Waals surface area contributed by atoms with Crippen LogP contribution in [-0.4, -0.2) is 30.8 Å². The number of carbonyl (C=O) groups excluding carboxylic acids is 1. The van der Waals surface area contributed by atoms with Gasteiger partial charge in [-0.3, -0.25) is 10.1 Å². The van der Waals surface area contributed by atoms with E-state index in [0.717, 1.165) is 11.3 Å². The average molecular weight is 325 g/mol. The summed E-state index contributed by atoms with van der Waals surface area (Å²) < 4.78 is 23.4. The number of nitrogens with zero attached hydrogens (tertiary/aromatic N) is 2. The minimum absolute atomic E-state index is 0.00361. The second-order valence-corrected chi connectivity index (χ2v) is 7.82. The number of carbonyl (C=O) groups is 1. The van der Waals surface area contributed by atoms with E-state index in [1.807, 2.05) is 13.8 Å². The fourth-order valence-electron chi connectivity index (χ4n) is 1.66. The highest BCUT2D eigenvalue weighted by atomic mass is 32.2. The van der Waals surface area contributed by atoms with Gasteiger partial charge in [0.2, 0.25) is 5.13 Å². The first-order valence-electron chi connectivity index (χ1n) is 6.23. The summed E-state index contributed by atoms with van der Waals surface area (Å²) in [4.78, 5) is 12.2. The maximum absolute atomic E-state index is 12.2. The van der Waals surface area contributed by atoms with Gasteiger partial charge in [0.25, 0.3) is 5.91 Å². The Kier molecular flexibility index (Phi) is 4.38. The number of sulfone groups is 1. The summed E-state index contributed by atoms with van der Waals surface area (Å²) in [6.45, 7) is 3.95. The number of nitrogens with one attached hydrogen (secondary N) is 1. The van der Waals surface area contributed by atoms with Crippen molar-refractivity contribution >= 4 is 32.2 Å². The molecular weight excluding hydrogens is 310 g/mol.